The molecule has 2 saturated heterocycles. The minimum atomic E-state index is -0.672. The summed E-state index contributed by atoms with van der Waals surface area (Å²) in [7, 11) is 0. The van der Waals surface area contributed by atoms with Crippen LogP contribution in [0.25, 0.3) is 0 Å². The molecule has 0 unspecified atom stereocenters. The van der Waals surface area contributed by atoms with Gasteiger partial charge in [0.1, 0.15) is 16.4 Å². The Morgan fingerprint density at radius 1 is 1.16 bits per heavy atom. The third-order valence-corrected chi connectivity index (χ3v) is 7.27. The Morgan fingerprint density at radius 3 is 2.53 bits per heavy atom. The maximum absolute atomic E-state index is 13.0. The summed E-state index contributed by atoms with van der Waals surface area (Å²) in [6.45, 7) is 9.74. The lowest BCUT2D eigenvalue weighted by Crippen LogP contribution is -2.51. The standard InChI is InChI=1S/C25H36N8O4S/c1-15-12-19(38-31-15)30-22-20(21(26)34)27-13-18(29-22)33-9-5-6-17(14-33)28-23(35)16-7-10-32(11-8-16)24(36)37-25(2,3)4/h12-13,16-17H,5-11,14H2,1-4H3,(H2,26,34)(H,28,35)(H,29,30)/t17-/m1/s1. The van der Waals surface area contributed by atoms with Crippen LogP contribution < -0.4 is 21.3 Å². The van der Waals surface area contributed by atoms with Crippen LogP contribution in [0.2, 0.25) is 0 Å². The zero-order chi connectivity index (χ0) is 27.4. The van der Waals surface area contributed by atoms with Crippen molar-refractivity contribution in [3.63, 3.8) is 0 Å². The van der Waals surface area contributed by atoms with Crippen LogP contribution in [0.15, 0.2) is 12.3 Å². The number of nitrogens with two attached hydrogens (primary N) is 1. The van der Waals surface area contributed by atoms with Crippen LogP contribution in [-0.2, 0) is 9.53 Å². The molecule has 13 heteroatoms. The Balaban J connectivity index is 1.35. The largest absolute Gasteiger partial charge is 0.444 e. The van der Waals surface area contributed by atoms with Gasteiger partial charge in [0.15, 0.2) is 11.5 Å². The summed E-state index contributed by atoms with van der Waals surface area (Å²) in [6, 6.07) is 1.81. The number of rotatable bonds is 6. The molecule has 2 fully saturated rings. The Bertz CT molecular complexity index is 1170. The fraction of sp³-hybridized carbons (Fsp3) is 0.600. The SMILES string of the molecule is Cc1cc(Nc2nc(N3CCC[C@@H](NC(=O)C4CCN(C(=O)OC(C)(C)C)CC4)C3)cnc2C(N)=O)sn1. The summed E-state index contributed by atoms with van der Waals surface area (Å²) in [5.41, 5.74) is 5.89. The quantitative estimate of drug-likeness (QED) is 0.498. The summed E-state index contributed by atoms with van der Waals surface area (Å²) in [5, 5.41) is 7.04. The van der Waals surface area contributed by atoms with Gasteiger partial charge in [-0.3, -0.25) is 9.59 Å². The van der Waals surface area contributed by atoms with E-state index in [0.717, 1.165) is 30.1 Å². The molecule has 4 N–H and O–H groups in total. The number of nitrogens with zero attached hydrogens (tertiary/aromatic N) is 5. The first-order valence-electron chi connectivity index (χ1n) is 12.9. The van der Waals surface area contributed by atoms with Crippen molar-refractivity contribution in [2.75, 3.05) is 36.4 Å². The van der Waals surface area contributed by atoms with E-state index in [9.17, 15) is 14.4 Å². The highest BCUT2D eigenvalue weighted by Gasteiger charge is 2.32. The van der Waals surface area contributed by atoms with Gasteiger partial charge in [-0.05, 0) is 71.0 Å². The van der Waals surface area contributed by atoms with Gasteiger partial charge in [-0.1, -0.05) is 0 Å². The van der Waals surface area contributed by atoms with Gasteiger partial charge in [-0.15, -0.1) is 0 Å². The topological polar surface area (TPSA) is 156 Å². The molecule has 1 atom stereocenters. The van der Waals surface area contributed by atoms with Gasteiger partial charge in [-0.2, -0.15) is 4.37 Å². The van der Waals surface area contributed by atoms with Crippen molar-refractivity contribution in [2.45, 2.75) is 65.0 Å². The van der Waals surface area contributed by atoms with Crippen molar-refractivity contribution in [1.82, 2.24) is 24.6 Å². The second-order valence-corrected chi connectivity index (χ2v) is 11.6. The fourth-order valence-electron chi connectivity index (χ4n) is 4.61. The Hall–Kier alpha value is -3.48. The third-order valence-electron chi connectivity index (χ3n) is 6.47. The highest BCUT2D eigenvalue weighted by molar-refractivity contribution is 7.10. The number of ether oxygens (including phenoxy) is 1. The van der Waals surface area contributed by atoms with Gasteiger partial charge >= 0.3 is 6.09 Å². The van der Waals surface area contributed by atoms with E-state index in [1.165, 1.54) is 11.5 Å². The molecule has 0 aliphatic carbocycles. The van der Waals surface area contributed by atoms with E-state index in [4.69, 9.17) is 10.5 Å². The minimum absolute atomic E-state index is 0.0128. The maximum Gasteiger partial charge on any atom is 0.410 e. The number of hydrogen-bond acceptors (Lipinski definition) is 10. The fourth-order valence-corrected chi connectivity index (χ4v) is 5.27. The first-order valence-corrected chi connectivity index (χ1v) is 13.7. The minimum Gasteiger partial charge on any atom is -0.444 e. The molecule has 2 aliphatic heterocycles. The zero-order valence-corrected chi connectivity index (χ0v) is 23.1. The number of likely N-dealkylation sites (tertiary alicyclic amines) is 1. The molecule has 2 aromatic rings. The van der Waals surface area contributed by atoms with Crippen LogP contribution in [-0.4, -0.2) is 75.0 Å². The molecule has 206 valence electrons. The zero-order valence-electron chi connectivity index (χ0n) is 22.3. The van der Waals surface area contributed by atoms with Gasteiger partial charge in [0, 0.05) is 38.1 Å². The van der Waals surface area contributed by atoms with E-state index in [0.29, 0.717) is 38.3 Å². The number of piperidine rings is 2. The summed E-state index contributed by atoms with van der Waals surface area (Å²) in [4.78, 5) is 49.9. The van der Waals surface area contributed by atoms with Crippen molar-refractivity contribution < 1.29 is 19.1 Å². The number of aromatic nitrogens is 3. The molecule has 4 heterocycles. The van der Waals surface area contributed by atoms with Crippen LogP contribution >= 0.6 is 11.5 Å². The van der Waals surface area contributed by atoms with Crippen molar-refractivity contribution in [2.24, 2.45) is 11.7 Å². The van der Waals surface area contributed by atoms with Gasteiger partial charge in [0.25, 0.3) is 5.91 Å². The average Bonchev–Trinajstić information content (AvgIpc) is 3.27. The second-order valence-electron chi connectivity index (χ2n) is 10.8. The third kappa shape index (κ3) is 7.09. The van der Waals surface area contributed by atoms with Gasteiger partial charge in [-0.25, -0.2) is 14.8 Å². The van der Waals surface area contributed by atoms with Gasteiger partial charge in [0.05, 0.1) is 11.9 Å². The molecule has 3 amide bonds. The number of amides is 3. The average molecular weight is 545 g/mol. The first-order chi connectivity index (χ1) is 18.0. The molecular weight excluding hydrogens is 508 g/mol. The van der Waals surface area contributed by atoms with E-state index < -0.39 is 11.5 Å². The predicted octanol–water partition coefficient (Wildman–Crippen LogP) is 2.82. The molecule has 2 aliphatic rings. The molecule has 4 rings (SSSR count). The normalized spacial score (nSPS) is 18.7. The predicted molar refractivity (Wildman–Crippen MR) is 145 cm³/mol. The number of hydrogen-bond donors (Lipinski definition) is 3. The molecule has 12 nitrogen and oxygen atoms in total. The Kier molecular flexibility index (Phi) is 8.34. The molecule has 0 aromatic carbocycles. The van der Waals surface area contributed by atoms with Gasteiger partial charge in [0.2, 0.25) is 5.91 Å². The van der Waals surface area contributed by atoms with Crippen molar-refractivity contribution in [3.05, 3.63) is 23.7 Å². The van der Waals surface area contributed by atoms with Crippen LogP contribution in [0.3, 0.4) is 0 Å². The summed E-state index contributed by atoms with van der Waals surface area (Å²) >= 11 is 1.26. The molecule has 0 spiro atoms. The highest BCUT2D eigenvalue weighted by Crippen LogP contribution is 2.26. The number of carbonyl (C=O) groups is 3. The molecule has 2 aromatic heterocycles. The molecular formula is C25H36N8O4S. The molecule has 0 radical (unpaired) electrons. The lowest BCUT2D eigenvalue weighted by atomic mass is 9.95. The smallest absolute Gasteiger partial charge is 0.410 e. The Labute approximate surface area is 226 Å². The molecule has 38 heavy (non-hydrogen) atoms. The number of anilines is 3. The molecule has 0 bridgehead atoms. The monoisotopic (exact) mass is 544 g/mol. The van der Waals surface area contributed by atoms with Crippen LogP contribution in [0, 0.1) is 12.8 Å². The lowest BCUT2D eigenvalue weighted by molar-refractivity contribution is -0.127. The summed E-state index contributed by atoms with van der Waals surface area (Å²) in [6.07, 6.45) is 4.15. The van der Waals surface area contributed by atoms with Crippen molar-refractivity contribution in [3.8, 4) is 0 Å². The van der Waals surface area contributed by atoms with E-state index in [2.05, 4.69) is 29.9 Å². The van der Waals surface area contributed by atoms with E-state index in [1.807, 2.05) is 33.8 Å². The van der Waals surface area contributed by atoms with Crippen LogP contribution in [0.4, 0.5) is 21.4 Å². The number of carbonyl (C=O) groups excluding carboxylic acids is 3. The molecule has 0 saturated carbocycles. The van der Waals surface area contributed by atoms with E-state index in [1.54, 1.807) is 11.1 Å². The van der Waals surface area contributed by atoms with E-state index >= 15 is 0 Å². The van der Waals surface area contributed by atoms with Gasteiger partial charge < -0.3 is 30.9 Å². The highest BCUT2D eigenvalue weighted by atomic mass is 32.1. The van der Waals surface area contributed by atoms with E-state index in [-0.39, 0.29) is 35.5 Å². The van der Waals surface area contributed by atoms with Crippen LogP contribution in [0.1, 0.15) is 62.6 Å². The van der Waals surface area contributed by atoms with Crippen LogP contribution in [0.5, 0.6) is 0 Å². The van der Waals surface area contributed by atoms with Crippen molar-refractivity contribution in [1.29, 1.82) is 0 Å². The van der Waals surface area contributed by atoms with Crippen molar-refractivity contribution >= 4 is 46.1 Å². The number of aryl methyl sites for hydroxylation is 1. The summed E-state index contributed by atoms with van der Waals surface area (Å²) < 4.78 is 9.69. The number of primary amides is 1. The summed E-state index contributed by atoms with van der Waals surface area (Å²) in [5.74, 6) is 0.0790. The number of nitrogens with one attached hydrogen (secondary N) is 2. The lowest BCUT2D eigenvalue weighted by Gasteiger charge is -2.36. The maximum atomic E-state index is 13.0. The Morgan fingerprint density at radius 2 is 1.89 bits per heavy atom. The first kappa shape index (κ1) is 27.6. The second kappa shape index (κ2) is 11.5.